The number of benzene rings is 1. The minimum absolute atomic E-state index is 0.177. The van der Waals surface area contributed by atoms with Gasteiger partial charge in [0.25, 0.3) is 5.83 Å². The van der Waals surface area contributed by atoms with E-state index in [9.17, 15) is 39.5 Å². The normalized spacial score (nSPS) is 12.1. The van der Waals surface area contributed by atoms with Crippen LogP contribution in [-0.4, -0.2) is 12.2 Å². The van der Waals surface area contributed by atoms with Gasteiger partial charge in [0.05, 0.1) is 0 Å². The van der Waals surface area contributed by atoms with Crippen LogP contribution in [-0.2, 0) is 0 Å². The second-order valence-electron chi connectivity index (χ2n) is 3.79. The van der Waals surface area contributed by atoms with E-state index in [-0.39, 0.29) is 19.1 Å². The Hall–Kier alpha value is -2.07. The van der Waals surface area contributed by atoms with Crippen LogP contribution >= 0.6 is 0 Å². The summed E-state index contributed by atoms with van der Waals surface area (Å²) in [6.45, 7) is 0.188. The lowest BCUT2D eigenvalue weighted by Gasteiger charge is -2.18. The molecular weight excluding hydrogens is 335 g/mol. The van der Waals surface area contributed by atoms with Gasteiger partial charge in [-0.15, -0.1) is 0 Å². The third-order valence-electron chi connectivity index (χ3n) is 1.96. The molecule has 0 aliphatic heterocycles. The van der Waals surface area contributed by atoms with Gasteiger partial charge in [-0.05, 0) is 12.1 Å². The van der Waals surface area contributed by atoms with Crippen molar-refractivity contribution < 1.29 is 49.0 Å². The average molecular weight is 340 g/mol. The molecule has 0 bridgehead atoms. The van der Waals surface area contributed by atoms with Crippen LogP contribution in [0.3, 0.4) is 0 Å². The van der Waals surface area contributed by atoms with Gasteiger partial charge in [0, 0.05) is 6.92 Å². The molecule has 1 aromatic rings. The van der Waals surface area contributed by atoms with Crippen LogP contribution in [0.5, 0.6) is 11.5 Å². The minimum Gasteiger partial charge on any atom is -0.430 e. The van der Waals surface area contributed by atoms with Crippen molar-refractivity contribution in [1.29, 1.82) is 0 Å². The van der Waals surface area contributed by atoms with Crippen molar-refractivity contribution >= 4 is 0 Å². The second-order valence-corrected chi connectivity index (χ2v) is 3.79. The molecule has 0 atom stereocenters. The van der Waals surface area contributed by atoms with Gasteiger partial charge in [-0.2, -0.15) is 39.5 Å². The largest absolute Gasteiger partial charge is 0.459 e. The lowest BCUT2D eigenvalue weighted by Crippen LogP contribution is -2.27. The summed E-state index contributed by atoms with van der Waals surface area (Å²) in [5, 5.41) is 0. The van der Waals surface area contributed by atoms with Gasteiger partial charge in [0.2, 0.25) is 11.6 Å². The van der Waals surface area contributed by atoms with E-state index in [1.807, 2.05) is 0 Å². The van der Waals surface area contributed by atoms with E-state index >= 15 is 0 Å². The van der Waals surface area contributed by atoms with Gasteiger partial charge < -0.3 is 9.47 Å². The molecule has 0 N–H and O–H groups in total. The summed E-state index contributed by atoms with van der Waals surface area (Å²) in [4.78, 5) is 0. The Labute approximate surface area is 116 Å². The van der Waals surface area contributed by atoms with E-state index in [0.717, 1.165) is 0 Å². The fourth-order valence-electron chi connectivity index (χ4n) is 1.16. The lowest BCUT2D eigenvalue weighted by molar-refractivity contribution is -0.164. The maximum atomic E-state index is 13.3. The molecule has 0 saturated carbocycles. The topological polar surface area (TPSA) is 18.5 Å². The molecule has 2 nitrogen and oxygen atoms in total. The molecule has 0 spiro atoms. The smallest absolute Gasteiger partial charge is 0.430 e. The molecule has 1 rings (SSSR count). The molecule has 0 unspecified atom stereocenters. The number of halogens is 9. The Kier molecular flexibility index (Phi) is 4.88. The number of alkyl halides is 4. The monoisotopic (exact) mass is 340 g/mol. The molecule has 0 aliphatic rings. The zero-order chi connectivity index (χ0) is 17.3. The summed E-state index contributed by atoms with van der Waals surface area (Å²) in [7, 11) is 0. The van der Waals surface area contributed by atoms with Gasteiger partial charge in [-0.1, -0.05) is 0 Å². The molecule has 0 aliphatic carbocycles. The average Bonchev–Trinajstić information content (AvgIpc) is 2.36. The maximum absolute atomic E-state index is 13.3. The number of rotatable bonds is 5. The van der Waals surface area contributed by atoms with E-state index in [4.69, 9.17) is 0 Å². The zero-order valence-electron chi connectivity index (χ0n) is 10.4. The molecule has 0 aromatic heterocycles. The highest BCUT2D eigenvalue weighted by molar-refractivity contribution is 5.35. The minimum atomic E-state index is -5.29. The molecule has 124 valence electrons. The molecule has 22 heavy (non-hydrogen) atoms. The predicted molar refractivity (Wildman–Crippen MR) is 53.5 cm³/mol. The van der Waals surface area contributed by atoms with Crippen molar-refractivity contribution in [1.82, 2.24) is 0 Å². The van der Waals surface area contributed by atoms with Crippen molar-refractivity contribution in [3.63, 3.8) is 0 Å². The standard InChI is InChI=1S/C11H5F9O2/c1-10(17,18)21-4-2-3-5(7(13)6(4)12)22-11(19,20)8(14)9(15)16/h2-3H,1H3. The molecule has 11 heteroatoms. The highest BCUT2D eigenvalue weighted by Gasteiger charge is 2.43. The fraction of sp³-hybridized carbons (Fsp3) is 0.273. The third-order valence-corrected chi connectivity index (χ3v) is 1.96. The van der Waals surface area contributed by atoms with Crippen molar-refractivity contribution in [3.8, 4) is 11.5 Å². The Bertz CT molecular complexity index is 588. The number of hydrogen-bond acceptors (Lipinski definition) is 2. The Morgan fingerprint density at radius 2 is 1.27 bits per heavy atom. The van der Waals surface area contributed by atoms with Crippen molar-refractivity contribution in [3.05, 3.63) is 35.7 Å². The Morgan fingerprint density at radius 3 is 1.64 bits per heavy atom. The van der Waals surface area contributed by atoms with Crippen molar-refractivity contribution in [2.75, 3.05) is 0 Å². The van der Waals surface area contributed by atoms with E-state index in [2.05, 4.69) is 9.47 Å². The first kappa shape index (κ1) is 18.0. The molecule has 0 radical (unpaired) electrons. The van der Waals surface area contributed by atoms with E-state index < -0.39 is 47.3 Å². The summed E-state index contributed by atoms with van der Waals surface area (Å²) in [5.41, 5.74) is 0. The van der Waals surface area contributed by atoms with Gasteiger partial charge in [-0.25, -0.2) is 0 Å². The number of ether oxygens (including phenoxy) is 2. The third kappa shape index (κ3) is 4.21. The number of hydrogen-bond donors (Lipinski definition) is 0. The summed E-state index contributed by atoms with van der Waals surface area (Å²) < 4.78 is 120. The lowest BCUT2D eigenvalue weighted by atomic mass is 10.3. The Balaban J connectivity index is 3.15. The molecular formula is C11H5F9O2. The van der Waals surface area contributed by atoms with Gasteiger partial charge in [0.15, 0.2) is 11.5 Å². The summed E-state index contributed by atoms with van der Waals surface area (Å²) in [6, 6.07) is 0.450. The highest BCUT2D eigenvalue weighted by Crippen LogP contribution is 2.36. The van der Waals surface area contributed by atoms with Gasteiger partial charge >= 0.3 is 18.3 Å². The summed E-state index contributed by atoms with van der Waals surface area (Å²) in [6.07, 6.45) is -12.6. The van der Waals surface area contributed by atoms with Gasteiger partial charge in [0.1, 0.15) is 0 Å². The van der Waals surface area contributed by atoms with Crippen molar-refractivity contribution in [2.45, 2.75) is 19.1 Å². The maximum Gasteiger partial charge on any atom is 0.459 e. The van der Waals surface area contributed by atoms with Crippen LogP contribution in [0.4, 0.5) is 39.5 Å². The molecule has 0 amide bonds. The SMILES string of the molecule is CC(F)(F)Oc1ccc(OC(F)(F)C(F)=C(F)F)c(F)c1F. The summed E-state index contributed by atoms with van der Waals surface area (Å²) >= 11 is 0. The fourth-order valence-corrected chi connectivity index (χ4v) is 1.16. The van der Waals surface area contributed by atoms with Crippen LogP contribution in [0, 0.1) is 11.6 Å². The first-order chi connectivity index (χ1) is 9.85. The van der Waals surface area contributed by atoms with Crippen LogP contribution in [0.25, 0.3) is 0 Å². The quantitative estimate of drug-likeness (QED) is 0.702. The van der Waals surface area contributed by atoms with E-state index in [1.54, 1.807) is 0 Å². The van der Waals surface area contributed by atoms with Crippen molar-refractivity contribution in [2.24, 2.45) is 0 Å². The molecule has 0 saturated heterocycles. The highest BCUT2D eigenvalue weighted by atomic mass is 19.3. The second kappa shape index (κ2) is 5.97. The predicted octanol–water partition coefficient (Wildman–Crippen LogP) is 5.01. The van der Waals surface area contributed by atoms with Crippen LogP contribution < -0.4 is 9.47 Å². The summed E-state index contributed by atoms with van der Waals surface area (Å²) in [5.74, 6) is -10.8. The first-order valence-corrected chi connectivity index (χ1v) is 5.18. The van der Waals surface area contributed by atoms with E-state index in [1.165, 1.54) is 0 Å². The van der Waals surface area contributed by atoms with Crippen LogP contribution in [0.15, 0.2) is 24.0 Å². The molecule has 1 aromatic carbocycles. The van der Waals surface area contributed by atoms with Crippen LogP contribution in [0.2, 0.25) is 0 Å². The zero-order valence-corrected chi connectivity index (χ0v) is 10.4. The van der Waals surface area contributed by atoms with Gasteiger partial charge in [-0.3, -0.25) is 0 Å². The van der Waals surface area contributed by atoms with Crippen LogP contribution in [0.1, 0.15) is 6.92 Å². The molecule has 0 fully saturated rings. The molecule has 0 heterocycles. The Morgan fingerprint density at radius 1 is 0.864 bits per heavy atom. The van der Waals surface area contributed by atoms with E-state index in [0.29, 0.717) is 0 Å². The first-order valence-electron chi connectivity index (χ1n) is 5.18.